The second-order valence-corrected chi connectivity index (χ2v) is 7.76. The van der Waals surface area contributed by atoms with Gasteiger partial charge in [-0.05, 0) is 30.5 Å². The molecule has 7 nitrogen and oxygen atoms in total. The van der Waals surface area contributed by atoms with Crippen molar-refractivity contribution < 1.29 is 9.18 Å². The number of amides is 1. The Kier molecular flexibility index (Phi) is 6.26. The molecule has 1 aliphatic rings. The fourth-order valence-corrected chi connectivity index (χ4v) is 3.86. The molecular weight excluding hydrogens is 407 g/mol. The lowest BCUT2D eigenvalue weighted by atomic mass is 9.97. The Hall–Kier alpha value is -3.99. The minimum atomic E-state index is -0.614. The zero-order valence-electron chi connectivity index (χ0n) is 17.5. The lowest BCUT2D eigenvalue weighted by Crippen LogP contribution is -2.43. The molecule has 0 spiro atoms. The van der Waals surface area contributed by atoms with E-state index in [2.05, 4.69) is 15.3 Å². The summed E-state index contributed by atoms with van der Waals surface area (Å²) in [6, 6.07) is 17.6. The highest BCUT2D eigenvalue weighted by atomic mass is 19.1. The zero-order chi connectivity index (χ0) is 22.5. The standard InChI is InChI=1S/C24H23FN6O/c25-20-11-17(8-9-18(20)13-26)21-12-22(30-24(27)29-21)31-10-4-7-19(15-31)23(32)28-14-16-5-2-1-3-6-16/h1-3,5-6,8-9,11-12,19H,4,7,10,14-15H2,(H,28,32)(H2,27,29,30). The van der Waals surface area contributed by atoms with E-state index in [1.54, 1.807) is 18.2 Å². The number of aromatic nitrogens is 2. The second kappa shape index (κ2) is 9.43. The van der Waals surface area contributed by atoms with Crippen molar-refractivity contribution in [3.05, 3.63) is 71.5 Å². The first kappa shape index (κ1) is 21.2. The summed E-state index contributed by atoms with van der Waals surface area (Å²) in [6.07, 6.45) is 1.64. The second-order valence-electron chi connectivity index (χ2n) is 7.76. The molecule has 8 heteroatoms. The maximum absolute atomic E-state index is 14.1. The van der Waals surface area contributed by atoms with E-state index in [9.17, 15) is 9.18 Å². The smallest absolute Gasteiger partial charge is 0.225 e. The lowest BCUT2D eigenvalue weighted by Gasteiger charge is -2.33. The molecule has 162 valence electrons. The van der Waals surface area contributed by atoms with E-state index >= 15 is 0 Å². The maximum Gasteiger partial charge on any atom is 0.225 e. The van der Waals surface area contributed by atoms with Gasteiger partial charge in [-0.15, -0.1) is 0 Å². The van der Waals surface area contributed by atoms with Crippen LogP contribution in [-0.4, -0.2) is 29.0 Å². The van der Waals surface area contributed by atoms with Crippen molar-refractivity contribution in [1.82, 2.24) is 15.3 Å². The number of piperidine rings is 1. The van der Waals surface area contributed by atoms with Crippen molar-refractivity contribution in [2.45, 2.75) is 19.4 Å². The summed E-state index contributed by atoms with van der Waals surface area (Å²) in [4.78, 5) is 23.3. The van der Waals surface area contributed by atoms with E-state index < -0.39 is 5.82 Å². The number of nitrogens with zero attached hydrogens (tertiary/aromatic N) is 4. The first-order valence-electron chi connectivity index (χ1n) is 10.4. The van der Waals surface area contributed by atoms with Crippen molar-refractivity contribution >= 4 is 17.7 Å². The van der Waals surface area contributed by atoms with Gasteiger partial charge in [0.1, 0.15) is 17.7 Å². The third-order valence-corrected chi connectivity index (χ3v) is 5.54. The van der Waals surface area contributed by atoms with Crippen LogP contribution >= 0.6 is 0 Å². The van der Waals surface area contributed by atoms with Gasteiger partial charge in [0, 0.05) is 31.3 Å². The van der Waals surface area contributed by atoms with Crippen LogP contribution in [-0.2, 0) is 11.3 Å². The number of hydrogen-bond acceptors (Lipinski definition) is 6. The molecule has 0 aliphatic carbocycles. The quantitative estimate of drug-likeness (QED) is 0.643. The summed E-state index contributed by atoms with van der Waals surface area (Å²) in [6.45, 7) is 1.74. The van der Waals surface area contributed by atoms with Crippen LogP contribution in [0.4, 0.5) is 16.2 Å². The third kappa shape index (κ3) is 4.83. The topological polar surface area (TPSA) is 108 Å². The van der Waals surface area contributed by atoms with Crippen molar-refractivity contribution in [3.63, 3.8) is 0 Å². The minimum absolute atomic E-state index is 0.00923. The number of rotatable bonds is 5. The number of carbonyl (C=O) groups excluding carboxylic acids is 1. The van der Waals surface area contributed by atoms with Crippen LogP contribution < -0.4 is 16.0 Å². The molecule has 1 aromatic heterocycles. The third-order valence-electron chi connectivity index (χ3n) is 5.54. The molecule has 1 fully saturated rings. The Balaban J connectivity index is 1.49. The first-order chi connectivity index (χ1) is 15.5. The van der Waals surface area contributed by atoms with Crippen molar-refractivity contribution in [1.29, 1.82) is 5.26 Å². The number of nitriles is 1. The van der Waals surface area contributed by atoms with Crippen LogP contribution in [0, 0.1) is 23.1 Å². The largest absolute Gasteiger partial charge is 0.368 e. The summed E-state index contributed by atoms with van der Waals surface area (Å²) in [5, 5.41) is 12.0. The Labute approximate surface area is 185 Å². The Morgan fingerprint density at radius 1 is 1.22 bits per heavy atom. The van der Waals surface area contributed by atoms with E-state index in [4.69, 9.17) is 11.0 Å². The SMILES string of the molecule is N#Cc1ccc(-c2cc(N3CCCC(C(=O)NCc4ccccc4)C3)nc(N)n2)cc1F. The molecule has 1 atom stereocenters. The van der Waals surface area contributed by atoms with Crippen LogP contribution in [0.5, 0.6) is 0 Å². The van der Waals surface area contributed by atoms with Crippen LogP contribution in [0.1, 0.15) is 24.0 Å². The molecule has 1 amide bonds. The number of carbonyl (C=O) groups is 1. The van der Waals surface area contributed by atoms with Gasteiger partial charge in [-0.2, -0.15) is 10.2 Å². The maximum atomic E-state index is 14.1. The number of benzene rings is 2. The molecule has 0 saturated carbocycles. The molecule has 32 heavy (non-hydrogen) atoms. The summed E-state index contributed by atoms with van der Waals surface area (Å²) in [5.41, 5.74) is 7.92. The molecule has 1 unspecified atom stereocenters. The van der Waals surface area contributed by atoms with Gasteiger partial charge < -0.3 is 16.0 Å². The van der Waals surface area contributed by atoms with Gasteiger partial charge in [0.15, 0.2) is 0 Å². The van der Waals surface area contributed by atoms with Crippen molar-refractivity contribution in [2.24, 2.45) is 5.92 Å². The molecule has 4 rings (SSSR count). The molecular formula is C24H23FN6O. The fraction of sp³-hybridized carbons (Fsp3) is 0.250. The average molecular weight is 430 g/mol. The normalized spacial score (nSPS) is 15.8. The number of nitrogens with one attached hydrogen (secondary N) is 1. The van der Waals surface area contributed by atoms with Gasteiger partial charge in [0.2, 0.25) is 11.9 Å². The lowest BCUT2D eigenvalue weighted by molar-refractivity contribution is -0.125. The molecule has 1 saturated heterocycles. The highest BCUT2D eigenvalue weighted by molar-refractivity contribution is 5.79. The highest BCUT2D eigenvalue weighted by Crippen LogP contribution is 2.27. The van der Waals surface area contributed by atoms with Crippen LogP contribution in [0.15, 0.2) is 54.6 Å². The Bertz CT molecular complexity index is 1160. The van der Waals surface area contributed by atoms with E-state index in [1.165, 1.54) is 12.1 Å². The van der Waals surface area contributed by atoms with Gasteiger partial charge in [0.25, 0.3) is 0 Å². The first-order valence-corrected chi connectivity index (χ1v) is 10.4. The van der Waals surface area contributed by atoms with Crippen LogP contribution in [0.25, 0.3) is 11.3 Å². The molecule has 0 radical (unpaired) electrons. The predicted octanol–water partition coefficient (Wildman–Crippen LogP) is 3.27. The van der Waals surface area contributed by atoms with Crippen molar-refractivity contribution in [3.8, 4) is 17.3 Å². The number of anilines is 2. The minimum Gasteiger partial charge on any atom is -0.368 e. The van der Waals surface area contributed by atoms with Crippen LogP contribution in [0.3, 0.4) is 0 Å². The molecule has 3 N–H and O–H groups in total. The van der Waals surface area contributed by atoms with Gasteiger partial charge >= 0.3 is 0 Å². The zero-order valence-corrected chi connectivity index (χ0v) is 17.5. The summed E-state index contributed by atoms with van der Waals surface area (Å²) in [5.74, 6) is -0.109. The number of halogens is 1. The number of nitrogens with two attached hydrogens (primary N) is 1. The van der Waals surface area contributed by atoms with Gasteiger partial charge in [-0.3, -0.25) is 4.79 Å². The van der Waals surface area contributed by atoms with Gasteiger partial charge in [0.05, 0.1) is 17.2 Å². The predicted molar refractivity (Wildman–Crippen MR) is 120 cm³/mol. The van der Waals surface area contributed by atoms with E-state index in [0.29, 0.717) is 30.2 Å². The van der Waals surface area contributed by atoms with Crippen LogP contribution in [0.2, 0.25) is 0 Å². The molecule has 3 aromatic rings. The fourth-order valence-electron chi connectivity index (χ4n) is 3.86. The molecule has 2 heterocycles. The summed E-state index contributed by atoms with van der Waals surface area (Å²) >= 11 is 0. The average Bonchev–Trinajstić information content (AvgIpc) is 2.83. The highest BCUT2D eigenvalue weighted by Gasteiger charge is 2.27. The molecule has 2 aromatic carbocycles. The Morgan fingerprint density at radius 3 is 2.78 bits per heavy atom. The van der Waals surface area contributed by atoms with Gasteiger partial charge in [-0.1, -0.05) is 36.4 Å². The summed E-state index contributed by atoms with van der Waals surface area (Å²) < 4.78 is 14.1. The number of nitrogen functional groups attached to an aromatic ring is 1. The van der Waals surface area contributed by atoms with E-state index in [0.717, 1.165) is 24.9 Å². The summed E-state index contributed by atoms with van der Waals surface area (Å²) in [7, 11) is 0. The number of hydrogen-bond donors (Lipinski definition) is 2. The van der Waals surface area contributed by atoms with E-state index in [-0.39, 0.29) is 23.3 Å². The monoisotopic (exact) mass is 430 g/mol. The van der Waals surface area contributed by atoms with Gasteiger partial charge in [-0.25, -0.2) is 9.37 Å². The molecule has 1 aliphatic heterocycles. The van der Waals surface area contributed by atoms with Crippen molar-refractivity contribution in [2.75, 3.05) is 23.7 Å². The Morgan fingerprint density at radius 2 is 2.03 bits per heavy atom. The molecule has 0 bridgehead atoms. The van der Waals surface area contributed by atoms with E-state index in [1.807, 2.05) is 35.2 Å².